The minimum Gasteiger partial charge on any atom is -0.371 e. The summed E-state index contributed by atoms with van der Waals surface area (Å²) in [4.78, 5) is 1.77. The Kier molecular flexibility index (Phi) is 5.98. The molecule has 0 bridgehead atoms. The van der Waals surface area contributed by atoms with Crippen molar-refractivity contribution in [3.63, 3.8) is 0 Å². The molecule has 1 rings (SSSR count). The third-order valence-electron chi connectivity index (χ3n) is 3.02. The van der Waals surface area contributed by atoms with Gasteiger partial charge in [0.2, 0.25) is 0 Å². The number of alkyl halides is 4. The van der Waals surface area contributed by atoms with E-state index in [1.807, 2.05) is 13.8 Å². The van der Waals surface area contributed by atoms with Gasteiger partial charge < -0.3 is 4.90 Å². The van der Waals surface area contributed by atoms with Crippen LogP contribution in [0.1, 0.15) is 37.8 Å². The molecule has 0 saturated carbocycles. The van der Waals surface area contributed by atoms with Crippen molar-refractivity contribution in [1.29, 1.82) is 0 Å². The molecule has 5 heteroatoms. The quantitative estimate of drug-likeness (QED) is 0.662. The summed E-state index contributed by atoms with van der Waals surface area (Å²) in [6, 6.07) is 4.34. The Morgan fingerprint density at radius 1 is 1.21 bits per heavy atom. The standard InChI is InChI=1S/C14H19ClF3N/c1-3-5-8-19(4-2)13-7-6-11(10-15)9-12(13)14(16,17)18/h6-7,9H,3-5,8,10H2,1-2H3. The van der Waals surface area contributed by atoms with Gasteiger partial charge >= 0.3 is 6.18 Å². The van der Waals surface area contributed by atoms with Crippen LogP contribution >= 0.6 is 11.6 Å². The van der Waals surface area contributed by atoms with Crippen LogP contribution in [0.3, 0.4) is 0 Å². The largest absolute Gasteiger partial charge is 0.418 e. The highest BCUT2D eigenvalue weighted by atomic mass is 35.5. The van der Waals surface area contributed by atoms with E-state index in [4.69, 9.17) is 11.6 Å². The normalized spacial score (nSPS) is 11.7. The first-order chi connectivity index (χ1) is 8.93. The maximum atomic E-state index is 13.1. The second-order valence-corrected chi connectivity index (χ2v) is 4.68. The molecule has 1 aromatic rings. The number of anilines is 1. The molecule has 1 aromatic carbocycles. The molecule has 0 fully saturated rings. The van der Waals surface area contributed by atoms with Gasteiger partial charge in [0.15, 0.2) is 0 Å². The molecule has 0 aliphatic heterocycles. The van der Waals surface area contributed by atoms with Gasteiger partial charge in [-0.15, -0.1) is 11.6 Å². The lowest BCUT2D eigenvalue weighted by molar-refractivity contribution is -0.137. The number of hydrogen-bond donors (Lipinski definition) is 0. The monoisotopic (exact) mass is 293 g/mol. The summed E-state index contributed by atoms with van der Waals surface area (Å²) >= 11 is 5.62. The van der Waals surface area contributed by atoms with E-state index in [-0.39, 0.29) is 11.6 Å². The van der Waals surface area contributed by atoms with Crippen LogP contribution in [0, 0.1) is 0 Å². The molecule has 0 saturated heterocycles. The Hall–Kier alpha value is -0.900. The summed E-state index contributed by atoms with van der Waals surface area (Å²) in [7, 11) is 0. The van der Waals surface area contributed by atoms with Gasteiger partial charge in [0.05, 0.1) is 5.56 Å². The summed E-state index contributed by atoms with van der Waals surface area (Å²) < 4.78 is 39.3. The summed E-state index contributed by atoms with van der Waals surface area (Å²) in [6.07, 6.45) is -2.52. The van der Waals surface area contributed by atoms with Crippen LogP contribution in [0.2, 0.25) is 0 Å². The fourth-order valence-corrected chi connectivity index (χ4v) is 2.13. The molecule has 19 heavy (non-hydrogen) atoms. The van der Waals surface area contributed by atoms with Gasteiger partial charge in [-0.25, -0.2) is 0 Å². The predicted molar refractivity (Wildman–Crippen MR) is 73.8 cm³/mol. The Balaban J connectivity index is 3.17. The summed E-state index contributed by atoms with van der Waals surface area (Å²) in [6.45, 7) is 5.08. The molecule has 0 aliphatic rings. The molecule has 0 atom stereocenters. The van der Waals surface area contributed by atoms with Crippen molar-refractivity contribution in [1.82, 2.24) is 0 Å². The molecule has 0 aliphatic carbocycles. The first kappa shape index (κ1) is 16.2. The molecule has 0 unspecified atom stereocenters. The second-order valence-electron chi connectivity index (χ2n) is 4.42. The maximum Gasteiger partial charge on any atom is 0.418 e. The minimum absolute atomic E-state index is 0.0877. The van der Waals surface area contributed by atoms with E-state index in [1.165, 1.54) is 6.07 Å². The zero-order chi connectivity index (χ0) is 14.5. The van der Waals surface area contributed by atoms with Gasteiger partial charge in [-0.1, -0.05) is 19.4 Å². The summed E-state index contributed by atoms with van der Waals surface area (Å²) in [5, 5.41) is 0. The van der Waals surface area contributed by atoms with Crippen molar-refractivity contribution >= 4 is 17.3 Å². The molecule has 0 aromatic heterocycles. The Labute approximate surface area is 117 Å². The van der Waals surface area contributed by atoms with Crippen LogP contribution in [0.15, 0.2) is 18.2 Å². The van der Waals surface area contributed by atoms with Crippen molar-refractivity contribution in [2.45, 2.75) is 38.7 Å². The van der Waals surface area contributed by atoms with E-state index < -0.39 is 11.7 Å². The van der Waals surface area contributed by atoms with E-state index in [1.54, 1.807) is 11.0 Å². The summed E-state index contributed by atoms with van der Waals surface area (Å²) in [5.74, 6) is 0.0877. The lowest BCUT2D eigenvalue weighted by atomic mass is 10.1. The van der Waals surface area contributed by atoms with Crippen LogP contribution in [0.4, 0.5) is 18.9 Å². The number of benzene rings is 1. The van der Waals surface area contributed by atoms with E-state index in [2.05, 4.69) is 0 Å². The number of hydrogen-bond acceptors (Lipinski definition) is 1. The van der Waals surface area contributed by atoms with Gasteiger partial charge in [-0.05, 0) is 31.0 Å². The molecule has 108 valence electrons. The van der Waals surface area contributed by atoms with E-state index in [0.29, 0.717) is 18.7 Å². The smallest absolute Gasteiger partial charge is 0.371 e. The zero-order valence-corrected chi connectivity index (χ0v) is 12.0. The van der Waals surface area contributed by atoms with Gasteiger partial charge in [0.1, 0.15) is 0 Å². The number of rotatable bonds is 6. The van der Waals surface area contributed by atoms with Crippen LogP contribution in [0.5, 0.6) is 0 Å². The third kappa shape index (κ3) is 4.30. The molecule has 0 radical (unpaired) electrons. The van der Waals surface area contributed by atoms with Gasteiger partial charge in [-0.2, -0.15) is 13.2 Å². The first-order valence-electron chi connectivity index (χ1n) is 6.45. The van der Waals surface area contributed by atoms with Crippen molar-refractivity contribution in [2.24, 2.45) is 0 Å². The SMILES string of the molecule is CCCCN(CC)c1ccc(CCl)cc1C(F)(F)F. The lowest BCUT2D eigenvalue weighted by Crippen LogP contribution is -2.26. The van der Waals surface area contributed by atoms with Gasteiger partial charge in [0.25, 0.3) is 0 Å². The van der Waals surface area contributed by atoms with Gasteiger partial charge in [0, 0.05) is 24.7 Å². The molecule has 0 amide bonds. The van der Waals surface area contributed by atoms with Crippen molar-refractivity contribution in [3.05, 3.63) is 29.3 Å². The van der Waals surface area contributed by atoms with Crippen molar-refractivity contribution in [2.75, 3.05) is 18.0 Å². The highest BCUT2D eigenvalue weighted by molar-refractivity contribution is 6.17. The zero-order valence-electron chi connectivity index (χ0n) is 11.2. The molecule has 0 spiro atoms. The van der Waals surface area contributed by atoms with Crippen LogP contribution in [-0.4, -0.2) is 13.1 Å². The fraction of sp³-hybridized carbons (Fsp3) is 0.571. The number of halogens is 4. The Morgan fingerprint density at radius 3 is 2.37 bits per heavy atom. The fourth-order valence-electron chi connectivity index (χ4n) is 1.97. The molecule has 1 nitrogen and oxygen atoms in total. The number of unbranched alkanes of at least 4 members (excludes halogenated alkanes) is 1. The topological polar surface area (TPSA) is 3.24 Å². The van der Waals surface area contributed by atoms with Crippen molar-refractivity contribution in [3.8, 4) is 0 Å². The molecule has 0 N–H and O–H groups in total. The van der Waals surface area contributed by atoms with Gasteiger partial charge in [-0.3, -0.25) is 0 Å². The van der Waals surface area contributed by atoms with Crippen molar-refractivity contribution < 1.29 is 13.2 Å². The maximum absolute atomic E-state index is 13.1. The molecule has 0 heterocycles. The predicted octanol–water partition coefficient (Wildman–Crippen LogP) is 5.07. The van der Waals surface area contributed by atoms with Crippen LogP contribution < -0.4 is 4.90 Å². The third-order valence-corrected chi connectivity index (χ3v) is 3.33. The summed E-state index contributed by atoms with van der Waals surface area (Å²) in [5.41, 5.74) is 0.144. The second kappa shape index (κ2) is 7.04. The van der Waals surface area contributed by atoms with E-state index >= 15 is 0 Å². The Bertz CT molecular complexity index is 404. The highest BCUT2D eigenvalue weighted by Crippen LogP contribution is 2.37. The first-order valence-corrected chi connectivity index (χ1v) is 6.98. The minimum atomic E-state index is -4.35. The average molecular weight is 294 g/mol. The van der Waals surface area contributed by atoms with Crippen LogP contribution in [0.25, 0.3) is 0 Å². The lowest BCUT2D eigenvalue weighted by Gasteiger charge is -2.26. The van der Waals surface area contributed by atoms with E-state index in [9.17, 15) is 13.2 Å². The van der Waals surface area contributed by atoms with E-state index in [0.717, 1.165) is 18.9 Å². The average Bonchev–Trinajstić information content (AvgIpc) is 2.38. The van der Waals surface area contributed by atoms with Crippen LogP contribution in [-0.2, 0) is 12.1 Å². The Morgan fingerprint density at radius 2 is 1.89 bits per heavy atom. The molecular weight excluding hydrogens is 275 g/mol. The molecular formula is C14H19ClF3N. The number of nitrogens with zero attached hydrogens (tertiary/aromatic N) is 1. The highest BCUT2D eigenvalue weighted by Gasteiger charge is 2.34.